The second kappa shape index (κ2) is 10.3. The maximum absolute atomic E-state index is 12.1. The van der Waals surface area contributed by atoms with Crippen molar-refractivity contribution in [3.8, 4) is 0 Å². The molecule has 0 radical (unpaired) electrons. The third-order valence-electron chi connectivity index (χ3n) is 6.00. The van der Waals surface area contributed by atoms with Crippen LogP contribution in [0.3, 0.4) is 0 Å². The Kier molecular flexibility index (Phi) is 7.96. The summed E-state index contributed by atoms with van der Waals surface area (Å²) >= 11 is 1.39. The number of aromatic nitrogens is 1. The number of hydrogen-bond donors (Lipinski definition) is 2. The molecule has 0 spiro atoms. The summed E-state index contributed by atoms with van der Waals surface area (Å²) in [7, 11) is 0. The summed E-state index contributed by atoms with van der Waals surface area (Å²) in [5, 5.41) is 7.65. The van der Waals surface area contributed by atoms with Crippen LogP contribution >= 0.6 is 35.3 Å². The summed E-state index contributed by atoms with van der Waals surface area (Å²) in [6, 6.07) is 8.78. The molecular formula is C23H31IN4O2S. The number of ether oxygens (including phenoxy) is 1. The number of esters is 1. The fraction of sp³-hybridized carbons (Fsp3) is 0.522. The molecule has 8 heteroatoms. The lowest BCUT2D eigenvalue weighted by atomic mass is 10.0. The van der Waals surface area contributed by atoms with Crippen molar-refractivity contribution in [2.24, 2.45) is 16.8 Å². The molecule has 4 atom stereocenters. The average Bonchev–Trinajstić information content (AvgIpc) is 3.06. The number of carbonyl (C=O) groups excluding carboxylic acids is 1. The topological polar surface area (TPSA) is 75.6 Å². The van der Waals surface area contributed by atoms with Crippen LogP contribution < -0.4 is 10.6 Å². The van der Waals surface area contributed by atoms with Gasteiger partial charge < -0.3 is 15.4 Å². The minimum atomic E-state index is -0.299. The van der Waals surface area contributed by atoms with E-state index in [0.717, 1.165) is 30.0 Å². The van der Waals surface area contributed by atoms with Crippen LogP contribution in [0.1, 0.15) is 64.2 Å². The van der Waals surface area contributed by atoms with Gasteiger partial charge in [0.2, 0.25) is 0 Å². The van der Waals surface area contributed by atoms with Crippen LogP contribution in [0.4, 0.5) is 0 Å². The number of aryl methyl sites for hydroxylation is 1. The molecule has 4 rings (SSSR count). The first-order valence-corrected chi connectivity index (χ1v) is 11.6. The first-order valence-electron chi connectivity index (χ1n) is 10.8. The molecule has 2 aromatic rings. The first kappa shape index (κ1) is 24.0. The number of rotatable bonds is 7. The Morgan fingerprint density at radius 1 is 1.35 bits per heavy atom. The predicted octanol–water partition coefficient (Wildman–Crippen LogP) is 4.45. The molecule has 2 N–H and O–H groups in total. The van der Waals surface area contributed by atoms with E-state index in [9.17, 15) is 4.79 Å². The Morgan fingerprint density at radius 2 is 2.13 bits per heavy atom. The number of benzene rings is 1. The number of aliphatic imine (C=N–C) groups is 1. The molecule has 4 unspecified atom stereocenters. The molecule has 1 fully saturated rings. The van der Waals surface area contributed by atoms with E-state index in [0.29, 0.717) is 29.0 Å². The minimum Gasteiger partial charge on any atom is -0.462 e. The second-order valence-electron chi connectivity index (χ2n) is 8.03. The van der Waals surface area contributed by atoms with Gasteiger partial charge in [0.15, 0.2) is 5.96 Å². The monoisotopic (exact) mass is 554 g/mol. The lowest BCUT2D eigenvalue weighted by Crippen LogP contribution is -2.39. The van der Waals surface area contributed by atoms with Gasteiger partial charge in [0.1, 0.15) is 9.88 Å². The van der Waals surface area contributed by atoms with Crippen LogP contribution in [0.25, 0.3) is 0 Å². The molecule has 1 aromatic heterocycles. The van der Waals surface area contributed by atoms with E-state index in [1.807, 2.05) is 20.8 Å². The number of fused-ring (bicyclic) bond motifs is 3. The molecule has 31 heavy (non-hydrogen) atoms. The predicted molar refractivity (Wildman–Crippen MR) is 136 cm³/mol. The van der Waals surface area contributed by atoms with E-state index in [-0.39, 0.29) is 36.0 Å². The van der Waals surface area contributed by atoms with Gasteiger partial charge in [-0.1, -0.05) is 24.3 Å². The van der Waals surface area contributed by atoms with Gasteiger partial charge in [-0.05, 0) is 63.0 Å². The molecule has 6 nitrogen and oxygen atoms in total. The number of halogens is 1. The van der Waals surface area contributed by atoms with Crippen LogP contribution in [-0.4, -0.2) is 36.6 Å². The quantitative estimate of drug-likeness (QED) is 0.229. The summed E-state index contributed by atoms with van der Waals surface area (Å²) in [6.45, 7) is 9.76. The Morgan fingerprint density at radius 3 is 2.87 bits per heavy atom. The largest absolute Gasteiger partial charge is 0.462 e. The zero-order chi connectivity index (χ0) is 21.3. The van der Waals surface area contributed by atoms with E-state index in [1.54, 1.807) is 0 Å². The van der Waals surface area contributed by atoms with E-state index >= 15 is 0 Å². The number of nitrogens with zero attached hydrogens (tertiary/aromatic N) is 2. The summed E-state index contributed by atoms with van der Waals surface area (Å²) < 4.78 is 5.13. The van der Waals surface area contributed by atoms with Crippen LogP contribution in [0.5, 0.6) is 0 Å². The third-order valence-corrected chi connectivity index (χ3v) is 7.32. The normalized spacial score (nSPS) is 22.1. The van der Waals surface area contributed by atoms with Gasteiger partial charge in [-0.15, -0.1) is 35.3 Å². The number of carbonyl (C=O) groups is 1. The number of hydrogen-bond acceptors (Lipinski definition) is 5. The molecule has 0 bridgehead atoms. The highest BCUT2D eigenvalue weighted by molar-refractivity contribution is 14.0. The molecule has 2 aliphatic carbocycles. The second-order valence-corrected chi connectivity index (χ2v) is 9.06. The molecule has 0 amide bonds. The fourth-order valence-corrected chi connectivity index (χ4v) is 5.47. The summed E-state index contributed by atoms with van der Waals surface area (Å²) in [5.74, 6) is 2.57. The van der Waals surface area contributed by atoms with Crippen molar-refractivity contribution in [2.45, 2.75) is 46.1 Å². The van der Waals surface area contributed by atoms with Gasteiger partial charge >= 0.3 is 5.97 Å². The highest BCUT2D eigenvalue weighted by Gasteiger charge is 2.54. The fourth-order valence-electron chi connectivity index (χ4n) is 4.50. The molecule has 0 aliphatic heterocycles. The van der Waals surface area contributed by atoms with E-state index in [2.05, 4.69) is 46.8 Å². The highest BCUT2D eigenvalue weighted by atomic mass is 127. The van der Waals surface area contributed by atoms with Crippen molar-refractivity contribution in [1.82, 2.24) is 15.6 Å². The Labute approximate surface area is 205 Å². The van der Waals surface area contributed by atoms with E-state index in [4.69, 9.17) is 9.73 Å². The third kappa shape index (κ3) is 5.05. The molecule has 1 heterocycles. The van der Waals surface area contributed by atoms with Crippen LogP contribution in [0, 0.1) is 18.8 Å². The summed E-state index contributed by atoms with van der Waals surface area (Å²) in [5.41, 5.74) is 3.76. The Hall–Kier alpha value is -1.68. The molecule has 168 valence electrons. The minimum absolute atomic E-state index is 0. The van der Waals surface area contributed by atoms with Gasteiger partial charge in [-0.2, -0.15) is 0 Å². The van der Waals surface area contributed by atoms with Gasteiger partial charge in [-0.25, -0.2) is 9.78 Å². The van der Waals surface area contributed by atoms with Gasteiger partial charge in [0, 0.05) is 13.1 Å². The average molecular weight is 554 g/mol. The molecule has 1 saturated carbocycles. The molecule has 0 saturated heterocycles. The SMILES string of the molecule is CCNC(=NCC1C2Cc3ccccc3C12)NC(C)c1nc(C)c(C(=O)OCC)s1.I. The standard InChI is InChI=1S/C23H30N4O2S.HI/c1-5-24-23(25-12-18-17-11-15-9-7-8-10-16(15)19(17)18)27-14(4)21-26-13(3)20(30-21)22(28)29-6-2;/h7-10,14,17-19H,5-6,11-12H2,1-4H3,(H2,24,25,27);1H. The maximum atomic E-state index is 12.1. The van der Waals surface area contributed by atoms with Crippen LogP contribution in [0.2, 0.25) is 0 Å². The van der Waals surface area contributed by atoms with Crippen molar-refractivity contribution in [2.75, 3.05) is 19.7 Å². The summed E-state index contributed by atoms with van der Waals surface area (Å²) in [6.07, 6.45) is 1.19. The Balaban J connectivity index is 0.00000272. The zero-order valence-electron chi connectivity index (χ0n) is 18.5. The van der Waals surface area contributed by atoms with E-state index < -0.39 is 0 Å². The van der Waals surface area contributed by atoms with E-state index in [1.165, 1.54) is 28.9 Å². The number of thiazole rings is 1. The highest BCUT2D eigenvalue weighted by Crippen LogP contribution is 2.61. The van der Waals surface area contributed by atoms with Crippen molar-refractivity contribution >= 4 is 47.2 Å². The molecule has 1 aromatic carbocycles. The smallest absolute Gasteiger partial charge is 0.350 e. The van der Waals surface area contributed by atoms with Gasteiger partial charge in [0.05, 0.1) is 18.3 Å². The number of nitrogens with one attached hydrogen (secondary N) is 2. The molecule has 2 aliphatic rings. The Bertz CT molecular complexity index is 961. The van der Waals surface area contributed by atoms with Crippen molar-refractivity contribution in [3.05, 3.63) is 51.0 Å². The van der Waals surface area contributed by atoms with Crippen LogP contribution in [0.15, 0.2) is 29.3 Å². The van der Waals surface area contributed by atoms with Crippen molar-refractivity contribution in [1.29, 1.82) is 0 Å². The van der Waals surface area contributed by atoms with Crippen LogP contribution in [-0.2, 0) is 11.2 Å². The van der Waals surface area contributed by atoms with Gasteiger partial charge in [-0.3, -0.25) is 4.99 Å². The van der Waals surface area contributed by atoms with Crippen molar-refractivity contribution in [3.63, 3.8) is 0 Å². The van der Waals surface area contributed by atoms with Crippen molar-refractivity contribution < 1.29 is 9.53 Å². The first-order chi connectivity index (χ1) is 14.5. The lowest BCUT2D eigenvalue weighted by molar-refractivity contribution is 0.0531. The zero-order valence-corrected chi connectivity index (χ0v) is 21.6. The maximum Gasteiger partial charge on any atom is 0.350 e. The molecular weight excluding hydrogens is 523 g/mol. The van der Waals surface area contributed by atoms with Gasteiger partial charge in [0.25, 0.3) is 0 Å². The number of guanidine groups is 1. The summed E-state index contributed by atoms with van der Waals surface area (Å²) in [4.78, 5) is 22.1. The lowest BCUT2D eigenvalue weighted by Gasteiger charge is -2.16.